The number of nitrogens with zero attached hydrogens (tertiary/aromatic N) is 4. The van der Waals surface area contributed by atoms with Crippen LogP contribution in [0.3, 0.4) is 0 Å². The molecule has 0 saturated carbocycles. The van der Waals surface area contributed by atoms with Crippen molar-refractivity contribution in [2.75, 3.05) is 29.2 Å². The fourth-order valence-corrected chi connectivity index (χ4v) is 3.89. The predicted molar refractivity (Wildman–Crippen MR) is 132 cm³/mol. The Morgan fingerprint density at radius 2 is 1.97 bits per heavy atom. The van der Waals surface area contributed by atoms with E-state index in [9.17, 15) is 4.79 Å². The topological polar surface area (TPSA) is 108 Å². The van der Waals surface area contributed by atoms with E-state index in [1.807, 2.05) is 49.4 Å². The molecular formula is C24H22ClN7O2. The fraction of sp³-hybridized carbons (Fsp3) is 0.167. The second kappa shape index (κ2) is 9.03. The molecule has 3 heterocycles. The van der Waals surface area contributed by atoms with Crippen molar-refractivity contribution in [3.8, 4) is 11.4 Å². The molecule has 1 aliphatic heterocycles. The lowest BCUT2D eigenvalue weighted by atomic mass is 10.1. The number of H-pyrrole nitrogens is 1. The van der Waals surface area contributed by atoms with E-state index in [0.717, 1.165) is 39.7 Å². The highest BCUT2D eigenvalue weighted by atomic mass is 35.5. The number of cyclic esters (lactones) is 1. The highest BCUT2D eigenvalue weighted by Crippen LogP contribution is 2.32. The Hall–Kier alpha value is -4.11. The predicted octanol–water partition coefficient (Wildman–Crippen LogP) is 5.44. The number of halogens is 1. The van der Waals surface area contributed by atoms with Crippen LogP contribution in [0.4, 0.5) is 33.6 Å². The van der Waals surface area contributed by atoms with Crippen molar-refractivity contribution in [2.45, 2.75) is 13.3 Å². The van der Waals surface area contributed by atoms with Gasteiger partial charge in [-0.15, -0.1) is 0 Å². The molecule has 34 heavy (non-hydrogen) atoms. The number of carbonyl (C=O) groups is 1. The van der Waals surface area contributed by atoms with Gasteiger partial charge in [0.05, 0.1) is 24.2 Å². The van der Waals surface area contributed by atoms with Gasteiger partial charge in [0.25, 0.3) is 0 Å². The van der Waals surface area contributed by atoms with E-state index in [4.69, 9.17) is 16.3 Å². The number of nitrogens with one attached hydrogen (secondary N) is 3. The Kier molecular flexibility index (Phi) is 5.77. The maximum Gasteiger partial charge on any atom is 0.414 e. The molecule has 0 bridgehead atoms. The van der Waals surface area contributed by atoms with Gasteiger partial charge >= 0.3 is 6.09 Å². The molecule has 0 spiro atoms. The molecule has 10 heteroatoms. The van der Waals surface area contributed by atoms with Crippen LogP contribution in [0.2, 0.25) is 5.02 Å². The Morgan fingerprint density at radius 3 is 2.79 bits per heavy atom. The number of ether oxygens (including phenoxy) is 1. The zero-order valence-electron chi connectivity index (χ0n) is 18.6. The lowest BCUT2D eigenvalue weighted by Gasteiger charge is -2.17. The Labute approximate surface area is 201 Å². The number of carbonyl (C=O) groups excluding carboxylic acids is 1. The van der Waals surface area contributed by atoms with Crippen LogP contribution in [0.1, 0.15) is 11.3 Å². The summed E-state index contributed by atoms with van der Waals surface area (Å²) >= 11 is 6.40. The molecule has 4 aromatic rings. The minimum atomic E-state index is -0.360. The summed E-state index contributed by atoms with van der Waals surface area (Å²) in [5.74, 6) is 1.59. The van der Waals surface area contributed by atoms with E-state index in [2.05, 4.69) is 30.6 Å². The van der Waals surface area contributed by atoms with Crippen molar-refractivity contribution in [2.24, 2.45) is 0 Å². The summed E-state index contributed by atoms with van der Waals surface area (Å²) in [7, 11) is 1.70. The number of anilines is 5. The lowest BCUT2D eigenvalue weighted by Crippen LogP contribution is -2.25. The monoisotopic (exact) mass is 475 g/mol. The van der Waals surface area contributed by atoms with Gasteiger partial charge in [0.2, 0.25) is 5.95 Å². The second-order valence-electron chi connectivity index (χ2n) is 7.87. The number of aromatic amines is 1. The van der Waals surface area contributed by atoms with E-state index < -0.39 is 0 Å². The minimum Gasteiger partial charge on any atom is -0.449 e. The maximum absolute atomic E-state index is 11.9. The van der Waals surface area contributed by atoms with Crippen molar-refractivity contribution in [3.63, 3.8) is 0 Å². The Bertz CT molecular complexity index is 1370. The van der Waals surface area contributed by atoms with Gasteiger partial charge < -0.3 is 20.4 Å². The summed E-state index contributed by atoms with van der Waals surface area (Å²) in [5, 5.41) is 6.90. The van der Waals surface area contributed by atoms with Gasteiger partial charge in [0.1, 0.15) is 10.8 Å². The first-order valence-corrected chi connectivity index (χ1v) is 11.1. The summed E-state index contributed by atoms with van der Waals surface area (Å²) in [6, 6.07) is 13.5. The molecule has 0 radical (unpaired) electrons. The molecule has 2 aromatic heterocycles. The molecule has 3 N–H and O–H groups in total. The summed E-state index contributed by atoms with van der Waals surface area (Å²) in [5.41, 5.74) is 5.28. The number of aryl methyl sites for hydroxylation is 1. The van der Waals surface area contributed by atoms with Crippen LogP contribution in [-0.4, -0.2) is 39.7 Å². The number of para-hydroxylation sites is 1. The molecule has 0 atom stereocenters. The zero-order valence-corrected chi connectivity index (χ0v) is 19.3. The molecule has 5 rings (SSSR count). The number of amides is 1. The molecule has 1 aliphatic rings. The van der Waals surface area contributed by atoms with Crippen molar-refractivity contribution < 1.29 is 9.53 Å². The van der Waals surface area contributed by atoms with Crippen LogP contribution in [-0.2, 0) is 11.2 Å². The standard InChI is InChI=1S/C24H22ClN7O2/c1-14-12-26-21(28-14)17-5-3-4-6-19(17)30-22-18(25)13-27-23(31-22)29-16-7-8-20-15(11-16)9-10-34-24(33)32(20)2/h3-8,11-13H,9-10H2,1-2H3,(H,26,28)(H2,27,29,30,31). The number of hydrogen-bond donors (Lipinski definition) is 3. The molecule has 1 amide bonds. The fourth-order valence-electron chi connectivity index (χ4n) is 3.75. The van der Waals surface area contributed by atoms with E-state index in [-0.39, 0.29) is 6.09 Å². The van der Waals surface area contributed by atoms with Crippen LogP contribution in [0, 0.1) is 6.92 Å². The smallest absolute Gasteiger partial charge is 0.414 e. The number of fused-ring (bicyclic) bond motifs is 1. The van der Waals surface area contributed by atoms with Gasteiger partial charge in [-0.05, 0) is 42.8 Å². The Morgan fingerprint density at radius 1 is 1.12 bits per heavy atom. The second-order valence-corrected chi connectivity index (χ2v) is 8.27. The van der Waals surface area contributed by atoms with E-state index in [0.29, 0.717) is 29.8 Å². The quantitative estimate of drug-likeness (QED) is 0.352. The summed E-state index contributed by atoms with van der Waals surface area (Å²) in [6.45, 7) is 2.29. The van der Waals surface area contributed by atoms with Crippen LogP contribution in [0.15, 0.2) is 54.9 Å². The number of rotatable bonds is 5. The third-order valence-corrected chi connectivity index (χ3v) is 5.73. The number of aromatic nitrogens is 4. The van der Waals surface area contributed by atoms with Crippen LogP contribution < -0.4 is 15.5 Å². The lowest BCUT2D eigenvalue weighted by molar-refractivity contribution is 0.159. The molecule has 0 aliphatic carbocycles. The number of imidazole rings is 1. The Balaban J connectivity index is 1.41. The first-order chi connectivity index (χ1) is 16.5. The van der Waals surface area contributed by atoms with Crippen molar-refractivity contribution in [3.05, 3.63) is 71.1 Å². The van der Waals surface area contributed by atoms with Gasteiger partial charge in [0, 0.05) is 36.6 Å². The molecule has 0 unspecified atom stereocenters. The molecule has 9 nitrogen and oxygen atoms in total. The molecule has 0 saturated heterocycles. The highest BCUT2D eigenvalue weighted by Gasteiger charge is 2.20. The van der Waals surface area contributed by atoms with Crippen LogP contribution in [0.5, 0.6) is 0 Å². The van der Waals surface area contributed by atoms with Crippen LogP contribution in [0.25, 0.3) is 11.4 Å². The summed E-state index contributed by atoms with van der Waals surface area (Å²) in [6.07, 6.45) is 3.59. The maximum atomic E-state index is 11.9. The van der Waals surface area contributed by atoms with Gasteiger partial charge in [0.15, 0.2) is 5.82 Å². The van der Waals surface area contributed by atoms with E-state index >= 15 is 0 Å². The molecule has 0 fully saturated rings. The average Bonchev–Trinajstić information content (AvgIpc) is 3.21. The number of hydrogen-bond acceptors (Lipinski definition) is 7. The largest absolute Gasteiger partial charge is 0.449 e. The van der Waals surface area contributed by atoms with Gasteiger partial charge in [-0.2, -0.15) is 4.98 Å². The van der Waals surface area contributed by atoms with Gasteiger partial charge in [-0.1, -0.05) is 23.7 Å². The third-order valence-electron chi connectivity index (χ3n) is 5.45. The molecule has 172 valence electrons. The zero-order chi connectivity index (χ0) is 23.7. The minimum absolute atomic E-state index is 0.333. The third kappa shape index (κ3) is 4.38. The number of benzene rings is 2. The summed E-state index contributed by atoms with van der Waals surface area (Å²) in [4.78, 5) is 30.0. The van der Waals surface area contributed by atoms with E-state index in [1.54, 1.807) is 19.4 Å². The SMILES string of the molecule is Cc1cnc(-c2ccccc2Nc2nc(Nc3ccc4c(c3)CCOC(=O)N4C)ncc2Cl)[nH]1. The van der Waals surface area contributed by atoms with Gasteiger partial charge in [-0.3, -0.25) is 4.90 Å². The van der Waals surface area contributed by atoms with Crippen LogP contribution >= 0.6 is 11.6 Å². The average molecular weight is 476 g/mol. The first kappa shape index (κ1) is 21.7. The van der Waals surface area contributed by atoms with Crippen molar-refractivity contribution >= 4 is 46.5 Å². The van der Waals surface area contributed by atoms with Crippen molar-refractivity contribution in [1.82, 2.24) is 19.9 Å². The molecule has 2 aromatic carbocycles. The normalized spacial score (nSPS) is 13.1. The van der Waals surface area contributed by atoms with E-state index in [1.165, 1.54) is 4.90 Å². The van der Waals surface area contributed by atoms with Crippen molar-refractivity contribution in [1.29, 1.82) is 0 Å². The highest BCUT2D eigenvalue weighted by molar-refractivity contribution is 6.33. The first-order valence-electron chi connectivity index (χ1n) is 10.7. The van der Waals surface area contributed by atoms with Gasteiger partial charge in [-0.25, -0.2) is 14.8 Å². The summed E-state index contributed by atoms with van der Waals surface area (Å²) < 4.78 is 5.20. The molecular weight excluding hydrogens is 454 g/mol.